The maximum atomic E-state index is 12.8. The van der Waals surface area contributed by atoms with Gasteiger partial charge in [-0.2, -0.15) is 0 Å². The molecule has 2 unspecified atom stereocenters. The monoisotopic (exact) mass is 332 g/mol. The van der Waals surface area contributed by atoms with Crippen molar-refractivity contribution >= 4 is 23.7 Å². The van der Waals surface area contributed by atoms with E-state index in [1.165, 1.54) is 14.0 Å². The zero-order valence-corrected chi connectivity index (χ0v) is 14.0. The predicted octanol–water partition coefficient (Wildman–Crippen LogP) is 1.24. The summed E-state index contributed by atoms with van der Waals surface area (Å²) in [4.78, 5) is 51.1. The Hall–Kier alpha value is -2.70. The molecule has 3 amide bonds. The molecule has 7 nitrogen and oxygen atoms in total. The molecule has 2 atom stereocenters. The Labute approximate surface area is 139 Å². The van der Waals surface area contributed by atoms with Crippen molar-refractivity contribution in [2.45, 2.75) is 32.9 Å². The minimum Gasteiger partial charge on any atom is -0.480 e. The van der Waals surface area contributed by atoms with Crippen LogP contribution in [0.3, 0.4) is 0 Å². The lowest BCUT2D eigenvalue weighted by molar-refractivity contribution is -0.150. The van der Waals surface area contributed by atoms with E-state index in [1.807, 2.05) is 0 Å². The minimum absolute atomic E-state index is 0.259. The summed E-state index contributed by atoms with van der Waals surface area (Å²) in [6.45, 7) is 4.80. The zero-order valence-electron chi connectivity index (χ0n) is 14.0. The first-order chi connectivity index (χ1) is 11.2. The predicted molar refractivity (Wildman–Crippen MR) is 85.4 cm³/mol. The Kier molecular flexibility index (Phi) is 4.73. The first kappa shape index (κ1) is 17.7. The van der Waals surface area contributed by atoms with E-state index in [0.717, 1.165) is 9.80 Å². The Morgan fingerprint density at radius 2 is 1.50 bits per heavy atom. The number of likely N-dealkylation sites (N-methyl/N-ethyl adjacent to an activating group) is 1. The number of rotatable bonds is 5. The van der Waals surface area contributed by atoms with Crippen LogP contribution in [0.15, 0.2) is 24.3 Å². The van der Waals surface area contributed by atoms with E-state index in [-0.39, 0.29) is 17.0 Å². The topological polar surface area (TPSA) is 95.0 Å². The Bertz CT molecular complexity index is 678. The van der Waals surface area contributed by atoms with Crippen LogP contribution < -0.4 is 0 Å². The van der Waals surface area contributed by atoms with E-state index in [0.29, 0.717) is 0 Å². The lowest BCUT2D eigenvalue weighted by Crippen LogP contribution is -2.55. The fourth-order valence-corrected chi connectivity index (χ4v) is 2.72. The molecule has 0 radical (unpaired) electrons. The fourth-order valence-electron chi connectivity index (χ4n) is 2.72. The van der Waals surface area contributed by atoms with Gasteiger partial charge >= 0.3 is 5.97 Å². The van der Waals surface area contributed by atoms with Crippen LogP contribution in [0.25, 0.3) is 0 Å². The molecule has 1 aliphatic rings. The molecule has 0 saturated carbocycles. The normalized spacial score (nSPS) is 16.1. The van der Waals surface area contributed by atoms with Gasteiger partial charge in [0.1, 0.15) is 12.1 Å². The van der Waals surface area contributed by atoms with Crippen molar-refractivity contribution in [3.63, 3.8) is 0 Å². The number of carboxylic acid groups (broad SMARTS) is 1. The van der Waals surface area contributed by atoms with E-state index in [9.17, 15) is 19.2 Å². The number of hydrogen-bond donors (Lipinski definition) is 1. The number of fused-ring (bicyclic) bond motifs is 1. The molecule has 7 heteroatoms. The zero-order chi connectivity index (χ0) is 18.2. The van der Waals surface area contributed by atoms with Crippen molar-refractivity contribution in [1.82, 2.24) is 9.80 Å². The van der Waals surface area contributed by atoms with Gasteiger partial charge in [-0.15, -0.1) is 0 Å². The molecule has 0 aromatic heterocycles. The average Bonchev–Trinajstić information content (AvgIpc) is 2.78. The van der Waals surface area contributed by atoms with Crippen LogP contribution in [0.1, 0.15) is 41.5 Å². The third-order valence-electron chi connectivity index (χ3n) is 4.27. The highest BCUT2D eigenvalue weighted by Crippen LogP contribution is 2.28. The molecule has 1 aromatic rings. The molecule has 1 aromatic carbocycles. The van der Waals surface area contributed by atoms with Gasteiger partial charge in [-0.25, -0.2) is 4.79 Å². The number of hydrogen-bond acceptors (Lipinski definition) is 4. The highest BCUT2D eigenvalue weighted by molar-refractivity contribution is 6.22. The number of carbonyl (C=O) groups is 4. The third-order valence-corrected chi connectivity index (χ3v) is 4.27. The smallest absolute Gasteiger partial charge is 0.326 e. The van der Waals surface area contributed by atoms with Crippen molar-refractivity contribution < 1.29 is 24.3 Å². The fraction of sp³-hybridized carbons (Fsp3) is 0.412. The Balaban J connectivity index is 2.40. The van der Waals surface area contributed by atoms with Crippen molar-refractivity contribution in [2.75, 3.05) is 7.05 Å². The van der Waals surface area contributed by atoms with E-state index < -0.39 is 35.8 Å². The van der Waals surface area contributed by atoms with Gasteiger partial charge in [-0.1, -0.05) is 26.0 Å². The second kappa shape index (κ2) is 6.43. The number of nitrogens with zero attached hydrogens (tertiary/aromatic N) is 2. The summed E-state index contributed by atoms with van der Waals surface area (Å²) in [5.41, 5.74) is 0.518. The van der Waals surface area contributed by atoms with Crippen LogP contribution >= 0.6 is 0 Å². The van der Waals surface area contributed by atoms with Gasteiger partial charge in [-0.3, -0.25) is 19.3 Å². The van der Waals surface area contributed by atoms with Crippen LogP contribution in [0.5, 0.6) is 0 Å². The number of benzene rings is 1. The van der Waals surface area contributed by atoms with Crippen LogP contribution in [0, 0.1) is 5.92 Å². The molecule has 1 N–H and O–H groups in total. The number of imide groups is 1. The van der Waals surface area contributed by atoms with Crippen molar-refractivity contribution in [3.8, 4) is 0 Å². The lowest BCUT2D eigenvalue weighted by Gasteiger charge is -2.33. The first-order valence-electron chi connectivity index (χ1n) is 7.64. The van der Waals surface area contributed by atoms with E-state index >= 15 is 0 Å². The van der Waals surface area contributed by atoms with E-state index in [4.69, 9.17) is 5.11 Å². The third kappa shape index (κ3) is 2.77. The minimum atomic E-state index is -1.16. The molecule has 0 spiro atoms. The van der Waals surface area contributed by atoms with Crippen LogP contribution in [0.2, 0.25) is 0 Å². The van der Waals surface area contributed by atoms with Gasteiger partial charge in [0.15, 0.2) is 0 Å². The van der Waals surface area contributed by atoms with E-state index in [2.05, 4.69) is 0 Å². The summed E-state index contributed by atoms with van der Waals surface area (Å²) in [5.74, 6) is -3.15. The van der Waals surface area contributed by atoms with Crippen molar-refractivity contribution in [2.24, 2.45) is 5.92 Å². The molecule has 0 bridgehead atoms. The summed E-state index contributed by atoms with van der Waals surface area (Å²) in [7, 11) is 1.36. The van der Waals surface area contributed by atoms with Crippen molar-refractivity contribution in [1.29, 1.82) is 0 Å². The molecule has 2 rings (SSSR count). The summed E-state index contributed by atoms with van der Waals surface area (Å²) in [6, 6.07) is 4.27. The first-order valence-corrected chi connectivity index (χ1v) is 7.64. The Morgan fingerprint density at radius 3 is 1.88 bits per heavy atom. The summed E-state index contributed by atoms with van der Waals surface area (Å²) in [6.07, 6.45) is 0. The molecular formula is C17H20N2O5. The van der Waals surface area contributed by atoms with Crippen LogP contribution in [-0.2, 0) is 9.59 Å². The molecule has 1 aliphatic heterocycles. The second-order valence-electron chi connectivity index (χ2n) is 6.18. The van der Waals surface area contributed by atoms with Gasteiger partial charge in [0.2, 0.25) is 5.91 Å². The van der Waals surface area contributed by atoms with Crippen LogP contribution in [0.4, 0.5) is 0 Å². The summed E-state index contributed by atoms with van der Waals surface area (Å²) >= 11 is 0. The van der Waals surface area contributed by atoms with Crippen LogP contribution in [-0.4, -0.2) is 57.7 Å². The standard InChI is InChI=1S/C17H20N2O5/c1-9(2)13(16(22)18(4)10(3)17(23)24)19-14(20)11-7-5-6-8-12(11)15(19)21/h5-10,13H,1-4H3,(H,23,24). The maximum Gasteiger partial charge on any atom is 0.326 e. The molecule has 0 fully saturated rings. The average molecular weight is 332 g/mol. The van der Waals surface area contributed by atoms with Gasteiger partial charge in [0.25, 0.3) is 11.8 Å². The summed E-state index contributed by atoms with van der Waals surface area (Å²) < 4.78 is 0. The maximum absolute atomic E-state index is 12.8. The molecular weight excluding hydrogens is 312 g/mol. The van der Waals surface area contributed by atoms with Gasteiger partial charge < -0.3 is 10.0 Å². The van der Waals surface area contributed by atoms with Crippen molar-refractivity contribution in [3.05, 3.63) is 35.4 Å². The largest absolute Gasteiger partial charge is 0.480 e. The van der Waals surface area contributed by atoms with E-state index in [1.54, 1.807) is 38.1 Å². The lowest BCUT2D eigenvalue weighted by atomic mass is 10.0. The second-order valence-corrected chi connectivity index (χ2v) is 6.18. The molecule has 1 heterocycles. The highest BCUT2D eigenvalue weighted by Gasteiger charge is 2.45. The SMILES string of the molecule is CC(C)C(C(=O)N(C)C(C)C(=O)O)N1C(=O)c2ccccc2C1=O. The number of carboxylic acids is 1. The molecule has 0 aliphatic carbocycles. The summed E-state index contributed by atoms with van der Waals surface area (Å²) in [5, 5.41) is 9.09. The molecule has 0 saturated heterocycles. The number of aliphatic carboxylic acids is 1. The Morgan fingerprint density at radius 1 is 1.04 bits per heavy atom. The van der Waals surface area contributed by atoms with Gasteiger partial charge in [0.05, 0.1) is 11.1 Å². The molecule has 128 valence electrons. The number of amides is 3. The van der Waals surface area contributed by atoms with Gasteiger partial charge in [-0.05, 0) is 25.0 Å². The van der Waals surface area contributed by atoms with Gasteiger partial charge in [0, 0.05) is 7.05 Å². The molecule has 24 heavy (non-hydrogen) atoms. The highest BCUT2D eigenvalue weighted by atomic mass is 16.4. The quantitative estimate of drug-likeness (QED) is 0.819. The number of carbonyl (C=O) groups excluding carboxylic acids is 3.